The number of carboxylic acid groups (broad SMARTS) is 1. The van der Waals surface area contributed by atoms with E-state index in [1.165, 1.54) is 0 Å². The summed E-state index contributed by atoms with van der Waals surface area (Å²) >= 11 is 0. The van der Waals surface area contributed by atoms with Gasteiger partial charge in [-0.15, -0.1) is 0 Å². The normalized spacial score (nSPS) is 18.3. The molecule has 6 heteroatoms. The molecule has 0 radical (unpaired) electrons. The number of hydrogen-bond acceptors (Lipinski definition) is 4. The molecule has 6 nitrogen and oxygen atoms in total. The van der Waals surface area contributed by atoms with Gasteiger partial charge >= 0.3 is 5.97 Å². The van der Waals surface area contributed by atoms with Gasteiger partial charge in [0.2, 0.25) is 0 Å². The summed E-state index contributed by atoms with van der Waals surface area (Å²) in [7, 11) is 1.57. The molecule has 28 heavy (non-hydrogen) atoms. The number of carbonyl (C=O) groups excluding carboxylic acids is 1. The van der Waals surface area contributed by atoms with Crippen LogP contribution in [0, 0.1) is 5.92 Å². The van der Waals surface area contributed by atoms with Crippen molar-refractivity contribution in [1.82, 2.24) is 4.90 Å². The molecule has 1 heterocycles. The number of fused-ring (bicyclic) bond motifs is 1. The standard InChI is InChI=1S/C22H23NO5/c1-27-16-8-9-18(20(10-16)28-13-14-6-7-14)21(24)23-11-15-4-2-3-5-17(15)19(12-23)22(25)26/h2-5,8-10,14,19H,6-7,11-13H2,1H3,(H,25,26). The lowest BCUT2D eigenvalue weighted by Crippen LogP contribution is -2.40. The van der Waals surface area contributed by atoms with Gasteiger partial charge in [0.25, 0.3) is 5.91 Å². The largest absolute Gasteiger partial charge is 0.497 e. The van der Waals surface area contributed by atoms with E-state index < -0.39 is 11.9 Å². The number of hydrogen-bond donors (Lipinski definition) is 1. The molecule has 0 spiro atoms. The number of benzene rings is 2. The Hall–Kier alpha value is -3.02. The first-order chi connectivity index (χ1) is 13.6. The van der Waals surface area contributed by atoms with Crippen LogP contribution >= 0.6 is 0 Å². The minimum atomic E-state index is -0.926. The van der Waals surface area contributed by atoms with Gasteiger partial charge in [-0.25, -0.2) is 0 Å². The van der Waals surface area contributed by atoms with Crippen molar-refractivity contribution < 1.29 is 24.2 Å². The fraction of sp³-hybridized carbons (Fsp3) is 0.364. The highest BCUT2D eigenvalue weighted by atomic mass is 16.5. The average Bonchev–Trinajstić information content (AvgIpc) is 3.55. The molecular formula is C22H23NO5. The van der Waals surface area contributed by atoms with Crippen molar-refractivity contribution in [1.29, 1.82) is 0 Å². The molecule has 0 bridgehead atoms. The number of nitrogens with zero attached hydrogens (tertiary/aromatic N) is 1. The maximum Gasteiger partial charge on any atom is 0.312 e. The van der Waals surface area contributed by atoms with Crippen molar-refractivity contribution in [2.75, 3.05) is 20.3 Å². The number of rotatable bonds is 6. The minimum Gasteiger partial charge on any atom is -0.497 e. The lowest BCUT2D eigenvalue weighted by atomic mass is 9.89. The third-order valence-electron chi connectivity index (χ3n) is 5.37. The first kappa shape index (κ1) is 18.3. The Kier molecular flexibility index (Phi) is 4.94. The van der Waals surface area contributed by atoms with Crippen LogP contribution in [-0.4, -0.2) is 42.1 Å². The number of amides is 1. The molecule has 1 saturated carbocycles. The quantitative estimate of drug-likeness (QED) is 0.831. The Morgan fingerprint density at radius 2 is 1.96 bits per heavy atom. The zero-order valence-electron chi connectivity index (χ0n) is 15.8. The Morgan fingerprint density at radius 1 is 1.18 bits per heavy atom. The van der Waals surface area contributed by atoms with Gasteiger partial charge in [-0.1, -0.05) is 24.3 Å². The molecule has 1 aliphatic heterocycles. The monoisotopic (exact) mass is 381 g/mol. The summed E-state index contributed by atoms with van der Waals surface area (Å²) in [6, 6.07) is 12.5. The van der Waals surface area contributed by atoms with E-state index in [-0.39, 0.29) is 12.5 Å². The van der Waals surface area contributed by atoms with Gasteiger partial charge in [0.15, 0.2) is 0 Å². The van der Waals surface area contributed by atoms with Gasteiger partial charge in [-0.2, -0.15) is 0 Å². The van der Waals surface area contributed by atoms with Crippen molar-refractivity contribution in [3.63, 3.8) is 0 Å². The maximum atomic E-state index is 13.3. The molecule has 1 unspecified atom stereocenters. The van der Waals surface area contributed by atoms with Crippen molar-refractivity contribution in [3.8, 4) is 11.5 Å². The second-order valence-corrected chi connectivity index (χ2v) is 7.39. The minimum absolute atomic E-state index is 0.138. The van der Waals surface area contributed by atoms with Gasteiger partial charge in [0.1, 0.15) is 11.5 Å². The summed E-state index contributed by atoms with van der Waals surface area (Å²) in [5.74, 6) is -0.230. The van der Waals surface area contributed by atoms with Gasteiger partial charge < -0.3 is 19.5 Å². The van der Waals surface area contributed by atoms with E-state index in [9.17, 15) is 14.7 Å². The van der Waals surface area contributed by atoms with Crippen molar-refractivity contribution >= 4 is 11.9 Å². The molecule has 4 rings (SSSR count). The van der Waals surface area contributed by atoms with E-state index in [1.807, 2.05) is 24.3 Å². The summed E-state index contributed by atoms with van der Waals surface area (Å²) in [4.78, 5) is 26.6. The van der Waals surface area contributed by atoms with E-state index >= 15 is 0 Å². The van der Waals surface area contributed by atoms with E-state index in [0.29, 0.717) is 36.1 Å². The Morgan fingerprint density at radius 3 is 2.68 bits per heavy atom. The van der Waals surface area contributed by atoms with Gasteiger partial charge in [-0.3, -0.25) is 9.59 Å². The van der Waals surface area contributed by atoms with Gasteiger partial charge in [0.05, 0.1) is 25.2 Å². The highest BCUT2D eigenvalue weighted by Gasteiger charge is 2.34. The molecular weight excluding hydrogens is 358 g/mol. The average molecular weight is 381 g/mol. The van der Waals surface area contributed by atoms with Crippen LogP contribution in [0.5, 0.6) is 11.5 Å². The first-order valence-electron chi connectivity index (χ1n) is 9.47. The van der Waals surface area contributed by atoms with Gasteiger partial charge in [0, 0.05) is 19.2 Å². The second kappa shape index (κ2) is 7.54. The van der Waals surface area contributed by atoms with Gasteiger partial charge in [-0.05, 0) is 42.0 Å². The highest BCUT2D eigenvalue weighted by Crippen LogP contribution is 2.34. The zero-order chi connectivity index (χ0) is 19.7. The number of aliphatic carboxylic acids is 1. The van der Waals surface area contributed by atoms with E-state index in [4.69, 9.17) is 9.47 Å². The molecule has 0 saturated heterocycles. The second-order valence-electron chi connectivity index (χ2n) is 7.39. The summed E-state index contributed by atoms with van der Waals surface area (Å²) in [6.45, 7) is 1.10. The fourth-order valence-electron chi connectivity index (χ4n) is 3.56. The van der Waals surface area contributed by atoms with Crippen LogP contribution in [0.15, 0.2) is 42.5 Å². The molecule has 1 aliphatic carbocycles. The topological polar surface area (TPSA) is 76.1 Å². The fourth-order valence-corrected chi connectivity index (χ4v) is 3.56. The van der Waals surface area contributed by atoms with E-state index in [1.54, 1.807) is 30.2 Å². The van der Waals surface area contributed by atoms with E-state index in [2.05, 4.69) is 0 Å². The summed E-state index contributed by atoms with van der Waals surface area (Å²) < 4.78 is 11.2. The van der Waals surface area contributed by atoms with Crippen molar-refractivity contribution in [2.24, 2.45) is 5.92 Å². The molecule has 1 amide bonds. The first-order valence-corrected chi connectivity index (χ1v) is 9.47. The van der Waals surface area contributed by atoms with Crippen LogP contribution in [-0.2, 0) is 11.3 Å². The summed E-state index contributed by atoms with van der Waals surface area (Å²) in [5, 5.41) is 9.65. The molecule has 2 aliphatic rings. The van der Waals surface area contributed by atoms with Crippen LogP contribution in [0.1, 0.15) is 40.2 Å². The van der Waals surface area contributed by atoms with E-state index in [0.717, 1.165) is 24.0 Å². The molecule has 1 fully saturated rings. The summed E-state index contributed by atoms with van der Waals surface area (Å²) in [5.41, 5.74) is 2.08. The number of carbonyl (C=O) groups is 2. The SMILES string of the molecule is COc1ccc(C(=O)N2Cc3ccccc3C(C(=O)O)C2)c(OCC2CC2)c1. The highest BCUT2D eigenvalue weighted by molar-refractivity contribution is 5.97. The summed E-state index contributed by atoms with van der Waals surface area (Å²) in [6.07, 6.45) is 2.30. The number of carboxylic acids is 1. The Balaban J connectivity index is 1.62. The molecule has 1 N–H and O–H groups in total. The molecule has 2 aromatic rings. The molecule has 146 valence electrons. The lowest BCUT2D eigenvalue weighted by Gasteiger charge is -2.33. The predicted molar refractivity (Wildman–Crippen MR) is 103 cm³/mol. The van der Waals surface area contributed by atoms with Crippen LogP contribution in [0.4, 0.5) is 0 Å². The molecule has 1 atom stereocenters. The Bertz CT molecular complexity index is 906. The lowest BCUT2D eigenvalue weighted by molar-refractivity contribution is -0.139. The molecule has 2 aromatic carbocycles. The smallest absolute Gasteiger partial charge is 0.312 e. The third-order valence-corrected chi connectivity index (χ3v) is 5.37. The third kappa shape index (κ3) is 3.67. The predicted octanol–water partition coefficient (Wildman–Crippen LogP) is 3.31. The van der Waals surface area contributed by atoms with Crippen LogP contribution in [0.25, 0.3) is 0 Å². The van der Waals surface area contributed by atoms with Crippen molar-refractivity contribution in [2.45, 2.75) is 25.3 Å². The number of methoxy groups -OCH3 is 1. The maximum absolute atomic E-state index is 13.3. The Labute approximate surface area is 163 Å². The van der Waals surface area contributed by atoms with Crippen LogP contribution < -0.4 is 9.47 Å². The van der Waals surface area contributed by atoms with Crippen LogP contribution in [0.3, 0.4) is 0 Å². The van der Waals surface area contributed by atoms with Crippen LogP contribution in [0.2, 0.25) is 0 Å². The van der Waals surface area contributed by atoms with Crippen molar-refractivity contribution in [3.05, 3.63) is 59.2 Å². The zero-order valence-corrected chi connectivity index (χ0v) is 15.8. The molecule has 0 aromatic heterocycles. The number of ether oxygens (including phenoxy) is 2.